The number of amides is 1. The fourth-order valence-electron chi connectivity index (χ4n) is 2.30. The molecule has 4 nitrogen and oxygen atoms in total. The first kappa shape index (κ1) is 19.1. The van der Waals surface area contributed by atoms with Gasteiger partial charge in [-0.15, -0.1) is 0 Å². The Kier molecular flexibility index (Phi) is 4.08. The third kappa shape index (κ3) is 2.20. The largest absolute Gasteiger partial charge is 0.428 e. The minimum Gasteiger partial charge on any atom is -0.335 e. The second kappa shape index (κ2) is 5.13. The highest BCUT2D eigenvalue weighted by molar-refractivity contribution is 5.85. The van der Waals surface area contributed by atoms with Gasteiger partial charge in [-0.1, -0.05) is 0 Å². The van der Waals surface area contributed by atoms with Crippen LogP contribution in [0.2, 0.25) is 0 Å². The maximum atomic E-state index is 14.0. The average Bonchev–Trinajstić information content (AvgIpc) is 2.55. The molecule has 0 aromatic carbocycles. The van der Waals surface area contributed by atoms with E-state index in [9.17, 15) is 44.3 Å². The zero-order valence-electron chi connectivity index (χ0n) is 11.9. The number of rotatable bonds is 2. The van der Waals surface area contributed by atoms with Crippen LogP contribution in [-0.4, -0.2) is 78.7 Å². The van der Waals surface area contributed by atoms with Crippen molar-refractivity contribution in [3.8, 4) is 0 Å². The summed E-state index contributed by atoms with van der Waals surface area (Å²) in [4.78, 5) is 13.4. The quantitative estimate of drug-likeness (QED) is 0.693. The van der Waals surface area contributed by atoms with Gasteiger partial charge < -0.3 is 9.80 Å². The zero-order valence-corrected chi connectivity index (χ0v) is 11.9. The molecule has 2 heterocycles. The van der Waals surface area contributed by atoms with E-state index in [1.54, 1.807) is 4.90 Å². The Labute approximate surface area is 129 Å². The maximum absolute atomic E-state index is 14.0. The van der Waals surface area contributed by atoms with Crippen LogP contribution in [0, 0.1) is 0 Å². The third-order valence-electron chi connectivity index (χ3n) is 3.90. The molecular weight excluding hydrogens is 363 g/mol. The summed E-state index contributed by atoms with van der Waals surface area (Å²) in [7, 11) is 1.53. The highest BCUT2D eigenvalue weighted by Gasteiger charge is 2.96. The van der Waals surface area contributed by atoms with E-state index in [2.05, 4.69) is 4.74 Å². The Balaban J connectivity index is 2.39. The monoisotopic (exact) mass is 374 g/mol. The predicted molar refractivity (Wildman–Crippen MR) is 58.8 cm³/mol. The van der Waals surface area contributed by atoms with Crippen molar-refractivity contribution in [2.45, 2.75) is 29.7 Å². The molecule has 140 valence electrons. The van der Waals surface area contributed by atoms with Crippen molar-refractivity contribution in [3.05, 3.63) is 0 Å². The lowest BCUT2D eigenvalue weighted by molar-refractivity contribution is -0.368. The van der Waals surface area contributed by atoms with Crippen molar-refractivity contribution in [1.82, 2.24) is 9.80 Å². The lowest BCUT2D eigenvalue weighted by atomic mass is 9.98. The Bertz CT molecular complexity index is 534. The molecule has 0 aromatic rings. The van der Waals surface area contributed by atoms with Crippen LogP contribution in [0.3, 0.4) is 0 Å². The van der Waals surface area contributed by atoms with Gasteiger partial charge in [0, 0.05) is 26.2 Å². The fraction of sp³-hybridized carbons (Fsp3) is 0.909. The number of alkyl halides is 9. The third-order valence-corrected chi connectivity index (χ3v) is 3.90. The summed E-state index contributed by atoms with van der Waals surface area (Å²) >= 11 is 0. The van der Waals surface area contributed by atoms with Gasteiger partial charge in [-0.05, 0) is 7.05 Å². The van der Waals surface area contributed by atoms with Crippen LogP contribution in [-0.2, 0) is 9.53 Å². The summed E-state index contributed by atoms with van der Waals surface area (Å²) in [5, 5.41) is 0. The molecule has 2 fully saturated rings. The fourth-order valence-corrected chi connectivity index (χ4v) is 2.30. The second-order valence-electron chi connectivity index (χ2n) is 5.53. The smallest absolute Gasteiger partial charge is 0.335 e. The first-order valence-electron chi connectivity index (χ1n) is 6.50. The number of likely N-dealkylation sites (N-methyl/N-ethyl adjacent to an activating group) is 1. The van der Waals surface area contributed by atoms with Gasteiger partial charge in [-0.3, -0.25) is 9.53 Å². The van der Waals surface area contributed by atoms with Gasteiger partial charge in [-0.2, -0.15) is 39.5 Å². The number of ether oxygens (including phenoxy) is 1. The molecule has 2 rings (SSSR count). The topological polar surface area (TPSA) is 32.8 Å². The van der Waals surface area contributed by atoms with Gasteiger partial charge in [0.25, 0.3) is 5.91 Å². The number of carbonyl (C=O) groups excluding carboxylic acids is 1. The molecule has 1 unspecified atom stereocenters. The molecule has 2 aliphatic heterocycles. The van der Waals surface area contributed by atoms with Crippen LogP contribution in [0.25, 0.3) is 0 Å². The van der Waals surface area contributed by atoms with Crippen LogP contribution >= 0.6 is 0 Å². The molecule has 0 saturated carbocycles. The van der Waals surface area contributed by atoms with E-state index < -0.39 is 48.7 Å². The molecule has 1 atom stereocenters. The minimum atomic E-state index is -6.64. The first-order chi connectivity index (χ1) is 10.6. The minimum absolute atomic E-state index is 0.00464. The second-order valence-corrected chi connectivity index (χ2v) is 5.53. The molecule has 0 radical (unpaired) electrons. The van der Waals surface area contributed by atoms with Gasteiger partial charge in [0.15, 0.2) is 0 Å². The van der Waals surface area contributed by atoms with E-state index in [0.29, 0.717) is 0 Å². The molecule has 2 aliphatic rings. The van der Waals surface area contributed by atoms with E-state index in [-0.39, 0.29) is 18.0 Å². The zero-order chi connectivity index (χ0) is 18.8. The van der Waals surface area contributed by atoms with Crippen LogP contribution in [0.1, 0.15) is 0 Å². The van der Waals surface area contributed by atoms with Crippen molar-refractivity contribution < 1.29 is 49.0 Å². The summed E-state index contributed by atoms with van der Waals surface area (Å²) < 4.78 is 123. The molecule has 0 aliphatic carbocycles. The number of hydrogen-bond donors (Lipinski definition) is 0. The predicted octanol–water partition coefficient (Wildman–Crippen LogP) is 1.96. The highest BCUT2D eigenvalue weighted by atomic mass is 19.4. The first-order valence-corrected chi connectivity index (χ1v) is 6.50. The standard InChI is InChI=1S/C11H11F9N2O2/c1-21-2-4-22(5-3-21)6(23)7(12,13)10(18)8(14,15)9(16,17)11(19,20)24-10/h2-5H2,1H3. The molecule has 0 bridgehead atoms. The molecule has 24 heavy (non-hydrogen) atoms. The van der Waals surface area contributed by atoms with Gasteiger partial charge in [-0.25, -0.2) is 0 Å². The van der Waals surface area contributed by atoms with E-state index >= 15 is 0 Å². The summed E-state index contributed by atoms with van der Waals surface area (Å²) in [5.74, 6) is -28.0. The van der Waals surface area contributed by atoms with E-state index in [1.165, 1.54) is 7.05 Å². The van der Waals surface area contributed by atoms with Crippen LogP contribution in [0.5, 0.6) is 0 Å². The molecule has 1 amide bonds. The van der Waals surface area contributed by atoms with Crippen molar-refractivity contribution >= 4 is 5.91 Å². The highest BCUT2D eigenvalue weighted by Crippen LogP contribution is 2.64. The number of nitrogens with zero attached hydrogens (tertiary/aromatic N) is 2. The van der Waals surface area contributed by atoms with Crippen LogP contribution < -0.4 is 0 Å². The Hall–Kier alpha value is -1.24. The molecule has 0 spiro atoms. The Morgan fingerprint density at radius 2 is 1.38 bits per heavy atom. The number of halogens is 9. The molecule has 0 aromatic heterocycles. The number of hydrogen-bond acceptors (Lipinski definition) is 3. The van der Waals surface area contributed by atoms with Crippen molar-refractivity contribution in [2.24, 2.45) is 0 Å². The summed E-state index contributed by atoms with van der Waals surface area (Å²) in [6.07, 6.45) is -6.23. The lowest BCUT2D eigenvalue weighted by Gasteiger charge is -2.38. The van der Waals surface area contributed by atoms with E-state index in [1.807, 2.05) is 0 Å². The maximum Gasteiger partial charge on any atom is 0.428 e. The van der Waals surface area contributed by atoms with Crippen molar-refractivity contribution in [1.29, 1.82) is 0 Å². The lowest BCUT2D eigenvalue weighted by Crippen LogP contribution is -2.66. The summed E-state index contributed by atoms with van der Waals surface area (Å²) in [6.45, 7) is -0.909. The summed E-state index contributed by atoms with van der Waals surface area (Å²) in [5.41, 5.74) is 0. The number of carbonyl (C=O) groups is 1. The molecule has 13 heteroatoms. The number of piperazine rings is 1. The van der Waals surface area contributed by atoms with E-state index in [4.69, 9.17) is 0 Å². The van der Waals surface area contributed by atoms with Gasteiger partial charge in [0.2, 0.25) is 0 Å². The van der Waals surface area contributed by atoms with Gasteiger partial charge >= 0.3 is 29.7 Å². The normalized spacial score (nSPS) is 32.8. The van der Waals surface area contributed by atoms with Crippen molar-refractivity contribution in [2.75, 3.05) is 33.2 Å². The SMILES string of the molecule is CN1CCN(C(=O)C(F)(F)C2(F)OC(F)(F)C(F)(F)C2(F)F)CC1. The average molecular weight is 374 g/mol. The van der Waals surface area contributed by atoms with Crippen LogP contribution in [0.4, 0.5) is 39.5 Å². The van der Waals surface area contributed by atoms with Gasteiger partial charge in [0.1, 0.15) is 0 Å². The molecular formula is C11H11F9N2O2. The van der Waals surface area contributed by atoms with E-state index in [0.717, 1.165) is 0 Å². The molecule has 2 saturated heterocycles. The Morgan fingerprint density at radius 1 is 0.917 bits per heavy atom. The van der Waals surface area contributed by atoms with Crippen molar-refractivity contribution in [3.63, 3.8) is 0 Å². The summed E-state index contributed by atoms with van der Waals surface area (Å²) in [6, 6.07) is 0. The Morgan fingerprint density at radius 3 is 1.75 bits per heavy atom. The van der Waals surface area contributed by atoms with Gasteiger partial charge in [0.05, 0.1) is 0 Å². The molecule has 0 N–H and O–H groups in total. The van der Waals surface area contributed by atoms with Crippen LogP contribution in [0.15, 0.2) is 0 Å².